The Morgan fingerprint density at radius 3 is 2.32 bits per heavy atom. The highest BCUT2D eigenvalue weighted by Crippen LogP contribution is 2.68. The fraction of sp³-hybridized carbons (Fsp3) is 0.963. The second-order valence-corrected chi connectivity index (χ2v) is 12.6. The third kappa shape index (κ3) is 3.93. The zero-order valence-electron chi connectivity index (χ0n) is 20.2. The van der Waals surface area contributed by atoms with Crippen LogP contribution in [0.3, 0.4) is 0 Å². The first-order chi connectivity index (χ1) is 14.6. The molecule has 0 aromatic carbocycles. The van der Waals surface area contributed by atoms with Crippen molar-refractivity contribution in [3.8, 4) is 0 Å². The van der Waals surface area contributed by atoms with Gasteiger partial charge in [0.05, 0.1) is 18.3 Å². The van der Waals surface area contributed by atoms with E-state index in [1.807, 2.05) is 0 Å². The average Bonchev–Trinajstić information content (AvgIpc) is 3.09. The summed E-state index contributed by atoms with van der Waals surface area (Å²) >= 11 is 0. The molecule has 4 saturated carbocycles. The molecule has 4 aliphatic rings. The summed E-state index contributed by atoms with van der Waals surface area (Å²) in [4.78, 5) is 11.0. The summed E-state index contributed by atoms with van der Waals surface area (Å²) < 4.78 is 0. The van der Waals surface area contributed by atoms with Gasteiger partial charge in [0.1, 0.15) is 6.29 Å². The molecule has 0 saturated heterocycles. The van der Waals surface area contributed by atoms with Gasteiger partial charge in [-0.2, -0.15) is 0 Å². The number of carbonyl (C=O) groups excluding carboxylic acids is 1. The Kier molecular flexibility index (Phi) is 6.67. The smallest absolute Gasteiger partial charge is 0.125 e. The quantitative estimate of drug-likeness (QED) is 0.534. The molecule has 0 spiro atoms. The topological polar surface area (TPSA) is 77.8 Å². The van der Waals surface area contributed by atoms with Crippen molar-refractivity contribution in [1.29, 1.82) is 0 Å². The van der Waals surface area contributed by atoms with Crippen LogP contribution in [0, 0.1) is 52.3 Å². The Hall–Kier alpha value is -0.450. The lowest BCUT2D eigenvalue weighted by atomic mass is 9.43. The molecule has 178 valence electrons. The number of fused-ring (bicyclic) bond motifs is 5. The molecule has 4 heteroatoms. The molecule has 12 atom stereocenters. The van der Waals surface area contributed by atoms with Gasteiger partial charge >= 0.3 is 0 Å². The van der Waals surface area contributed by atoms with E-state index in [0.29, 0.717) is 41.9 Å². The Morgan fingerprint density at radius 2 is 1.61 bits per heavy atom. The van der Waals surface area contributed by atoms with Gasteiger partial charge in [-0.25, -0.2) is 0 Å². The molecular formula is C27H46O4. The van der Waals surface area contributed by atoms with E-state index >= 15 is 0 Å². The molecule has 0 heterocycles. The van der Waals surface area contributed by atoms with Crippen LogP contribution >= 0.6 is 0 Å². The molecule has 0 aromatic rings. The van der Waals surface area contributed by atoms with E-state index < -0.39 is 6.10 Å². The van der Waals surface area contributed by atoms with Crippen molar-refractivity contribution in [1.82, 2.24) is 0 Å². The van der Waals surface area contributed by atoms with Crippen LogP contribution in [0.5, 0.6) is 0 Å². The highest BCUT2D eigenvalue weighted by molar-refractivity contribution is 5.53. The second-order valence-electron chi connectivity index (χ2n) is 12.6. The maximum atomic E-state index is 11.3. The van der Waals surface area contributed by atoms with Crippen molar-refractivity contribution < 1.29 is 20.1 Å². The highest BCUT2D eigenvalue weighted by atomic mass is 16.3. The summed E-state index contributed by atoms with van der Waals surface area (Å²) in [6.45, 7) is 9.12. The average molecular weight is 435 g/mol. The zero-order valence-corrected chi connectivity index (χ0v) is 20.2. The molecule has 1 unspecified atom stereocenters. The van der Waals surface area contributed by atoms with Crippen LogP contribution in [0.15, 0.2) is 0 Å². The molecule has 4 rings (SSSR count). The normalized spacial score (nSPS) is 50.0. The first-order valence-electron chi connectivity index (χ1n) is 13.1. The minimum Gasteiger partial charge on any atom is -0.393 e. The predicted molar refractivity (Wildman–Crippen MR) is 122 cm³/mol. The van der Waals surface area contributed by atoms with Gasteiger partial charge in [0, 0.05) is 5.92 Å². The highest BCUT2D eigenvalue weighted by Gasteiger charge is 2.62. The Morgan fingerprint density at radius 1 is 0.935 bits per heavy atom. The lowest BCUT2D eigenvalue weighted by Crippen LogP contribution is -2.58. The van der Waals surface area contributed by atoms with Crippen LogP contribution < -0.4 is 0 Å². The number of aliphatic hydroxyl groups excluding tert-OH is 3. The Bertz CT molecular complexity index is 651. The maximum absolute atomic E-state index is 11.3. The molecule has 0 radical (unpaired) electrons. The number of aliphatic hydroxyl groups is 3. The first kappa shape index (κ1) is 23.7. The van der Waals surface area contributed by atoms with E-state index in [1.165, 1.54) is 25.7 Å². The predicted octanol–water partition coefficient (Wildman–Crippen LogP) is 4.59. The SMILES string of the molecule is C[C@H](C=O)C(O)CC[C@@H](C)[C@H]1CC[C@H]2[C@@H]3[C@H](O)C[C@@H]4C[C@H](O)CC[C@]4(C)[C@H]3CC[C@]12C. The molecule has 4 fully saturated rings. The van der Waals surface area contributed by atoms with Crippen LogP contribution in [0.25, 0.3) is 0 Å². The minimum absolute atomic E-state index is 0.176. The number of carbonyl (C=O) groups is 1. The van der Waals surface area contributed by atoms with Crippen LogP contribution in [0.1, 0.15) is 91.9 Å². The molecule has 3 N–H and O–H groups in total. The van der Waals surface area contributed by atoms with Gasteiger partial charge in [0.2, 0.25) is 0 Å². The van der Waals surface area contributed by atoms with Gasteiger partial charge < -0.3 is 20.1 Å². The molecule has 4 nitrogen and oxygen atoms in total. The minimum atomic E-state index is -0.528. The van der Waals surface area contributed by atoms with Gasteiger partial charge in [-0.1, -0.05) is 27.7 Å². The maximum Gasteiger partial charge on any atom is 0.125 e. The summed E-state index contributed by atoms with van der Waals surface area (Å²) in [6, 6.07) is 0. The van der Waals surface area contributed by atoms with Crippen molar-refractivity contribution in [2.75, 3.05) is 0 Å². The molecular weight excluding hydrogens is 388 g/mol. The second kappa shape index (κ2) is 8.72. The molecule has 4 aliphatic carbocycles. The monoisotopic (exact) mass is 434 g/mol. The lowest BCUT2D eigenvalue weighted by molar-refractivity contribution is -0.174. The van der Waals surface area contributed by atoms with Crippen LogP contribution in [0.2, 0.25) is 0 Å². The largest absolute Gasteiger partial charge is 0.393 e. The molecule has 0 bridgehead atoms. The molecule has 31 heavy (non-hydrogen) atoms. The summed E-state index contributed by atoms with van der Waals surface area (Å²) in [7, 11) is 0. The lowest BCUT2D eigenvalue weighted by Gasteiger charge is -2.62. The number of aldehydes is 1. The van der Waals surface area contributed by atoms with Crippen molar-refractivity contribution in [2.45, 2.75) is 110 Å². The zero-order chi connectivity index (χ0) is 22.6. The molecule has 0 aliphatic heterocycles. The van der Waals surface area contributed by atoms with Gasteiger partial charge in [0.15, 0.2) is 0 Å². The Labute approximate surface area is 189 Å². The van der Waals surface area contributed by atoms with Crippen molar-refractivity contribution in [2.24, 2.45) is 52.3 Å². The summed E-state index contributed by atoms with van der Waals surface area (Å²) in [6.07, 6.45) is 10.3. The summed E-state index contributed by atoms with van der Waals surface area (Å²) in [5.74, 6) is 2.96. The van der Waals surface area contributed by atoms with E-state index in [2.05, 4.69) is 20.8 Å². The van der Waals surface area contributed by atoms with Gasteiger partial charge in [-0.05, 0) is 111 Å². The summed E-state index contributed by atoms with van der Waals surface area (Å²) in [5, 5.41) is 31.9. The standard InChI is InChI=1S/C27H46O4/c1-16(5-8-23(30)17(2)15-28)20-6-7-21-25-22(10-12-27(20,21)4)26(3)11-9-19(29)13-18(26)14-24(25)31/h15-25,29-31H,5-14H2,1-4H3/t16-,17-,18+,19-,20-,21+,22+,23?,24-,25+,26+,27-/m1/s1. The van der Waals surface area contributed by atoms with Gasteiger partial charge in [-0.3, -0.25) is 0 Å². The molecule has 0 aromatic heterocycles. The summed E-state index contributed by atoms with van der Waals surface area (Å²) in [5.41, 5.74) is 0.559. The van der Waals surface area contributed by atoms with Crippen molar-refractivity contribution >= 4 is 6.29 Å². The third-order valence-corrected chi connectivity index (χ3v) is 11.2. The number of rotatable bonds is 6. The van der Waals surface area contributed by atoms with E-state index in [4.69, 9.17) is 0 Å². The van der Waals surface area contributed by atoms with Crippen LogP contribution in [0.4, 0.5) is 0 Å². The van der Waals surface area contributed by atoms with Gasteiger partial charge in [-0.15, -0.1) is 0 Å². The van der Waals surface area contributed by atoms with E-state index in [0.717, 1.165) is 38.4 Å². The van der Waals surface area contributed by atoms with Crippen molar-refractivity contribution in [3.63, 3.8) is 0 Å². The van der Waals surface area contributed by atoms with E-state index in [9.17, 15) is 20.1 Å². The van der Waals surface area contributed by atoms with E-state index in [1.54, 1.807) is 6.92 Å². The Balaban J connectivity index is 1.48. The fourth-order valence-corrected chi connectivity index (χ4v) is 9.16. The van der Waals surface area contributed by atoms with Crippen molar-refractivity contribution in [3.05, 3.63) is 0 Å². The fourth-order valence-electron chi connectivity index (χ4n) is 9.16. The molecule has 0 amide bonds. The van der Waals surface area contributed by atoms with Gasteiger partial charge in [0.25, 0.3) is 0 Å². The van der Waals surface area contributed by atoms with E-state index in [-0.39, 0.29) is 29.0 Å². The first-order valence-corrected chi connectivity index (χ1v) is 13.1. The number of hydrogen-bond donors (Lipinski definition) is 3. The number of hydrogen-bond acceptors (Lipinski definition) is 4. The van der Waals surface area contributed by atoms with Crippen LogP contribution in [-0.2, 0) is 4.79 Å². The third-order valence-electron chi connectivity index (χ3n) is 11.2. The van der Waals surface area contributed by atoms with Crippen LogP contribution in [-0.4, -0.2) is 39.9 Å².